The van der Waals surface area contributed by atoms with Crippen molar-refractivity contribution in [3.05, 3.63) is 51.9 Å². The van der Waals surface area contributed by atoms with Gasteiger partial charge in [0.2, 0.25) is 0 Å². The maximum atomic E-state index is 12.0. The van der Waals surface area contributed by atoms with Crippen molar-refractivity contribution >= 4 is 11.8 Å². The third kappa shape index (κ3) is 3.91. The summed E-state index contributed by atoms with van der Waals surface area (Å²) in [5.41, 5.74) is 1.94. The van der Waals surface area contributed by atoms with Gasteiger partial charge in [0.1, 0.15) is 5.75 Å². The Morgan fingerprint density at radius 2 is 2.00 bits per heavy atom. The van der Waals surface area contributed by atoms with Crippen LogP contribution in [0.4, 0.5) is 0 Å². The number of aromatic nitrogens is 2. The summed E-state index contributed by atoms with van der Waals surface area (Å²) in [5.74, 6) is 1.78. The molecule has 1 aliphatic carbocycles. The van der Waals surface area contributed by atoms with Crippen LogP contribution in [0.2, 0.25) is 0 Å². The van der Waals surface area contributed by atoms with Gasteiger partial charge in [0.05, 0.1) is 12.3 Å². The number of nitrogens with zero attached hydrogens (tertiary/aromatic N) is 1. The molecule has 116 valence electrons. The number of hydrogen-bond acceptors (Lipinski definition) is 4. The van der Waals surface area contributed by atoms with Gasteiger partial charge in [0.25, 0.3) is 5.56 Å². The Balaban J connectivity index is 1.48. The van der Waals surface area contributed by atoms with Gasteiger partial charge < -0.3 is 9.72 Å². The molecule has 3 rings (SSSR count). The summed E-state index contributed by atoms with van der Waals surface area (Å²) in [7, 11) is 0. The van der Waals surface area contributed by atoms with Crippen LogP contribution in [-0.2, 0) is 12.8 Å². The predicted molar refractivity (Wildman–Crippen MR) is 88.8 cm³/mol. The van der Waals surface area contributed by atoms with E-state index in [1.165, 1.54) is 0 Å². The molecule has 0 bridgehead atoms. The van der Waals surface area contributed by atoms with Gasteiger partial charge in [-0.15, -0.1) is 0 Å². The number of nitrogens with one attached hydrogen (secondary N) is 1. The van der Waals surface area contributed by atoms with E-state index in [2.05, 4.69) is 9.97 Å². The van der Waals surface area contributed by atoms with Gasteiger partial charge in [-0.3, -0.25) is 4.79 Å². The summed E-state index contributed by atoms with van der Waals surface area (Å²) in [4.78, 5) is 19.5. The van der Waals surface area contributed by atoms with Gasteiger partial charge in [0, 0.05) is 11.3 Å². The SMILES string of the molecule is O=c1[nH]c(SCCCOc2ccccc2)nc2c1CCCC2. The number of H-pyrrole nitrogens is 1. The summed E-state index contributed by atoms with van der Waals surface area (Å²) in [6.45, 7) is 0.673. The van der Waals surface area contributed by atoms with Crippen LogP contribution in [0.1, 0.15) is 30.5 Å². The lowest BCUT2D eigenvalue weighted by atomic mass is 9.97. The second-order valence-corrected chi connectivity index (χ2v) is 6.45. The minimum Gasteiger partial charge on any atom is -0.494 e. The van der Waals surface area contributed by atoms with Gasteiger partial charge in [-0.25, -0.2) is 4.98 Å². The maximum absolute atomic E-state index is 12.0. The van der Waals surface area contributed by atoms with Gasteiger partial charge >= 0.3 is 0 Å². The Labute approximate surface area is 134 Å². The second kappa shape index (κ2) is 7.49. The Morgan fingerprint density at radius 1 is 1.18 bits per heavy atom. The molecule has 1 aromatic carbocycles. The summed E-state index contributed by atoms with van der Waals surface area (Å²) < 4.78 is 5.65. The van der Waals surface area contributed by atoms with E-state index in [4.69, 9.17) is 4.74 Å². The number of fused-ring (bicyclic) bond motifs is 1. The third-order valence-electron chi connectivity index (χ3n) is 3.71. The highest BCUT2D eigenvalue weighted by atomic mass is 32.2. The molecule has 0 spiro atoms. The first kappa shape index (κ1) is 15.2. The zero-order valence-electron chi connectivity index (χ0n) is 12.5. The van der Waals surface area contributed by atoms with Crippen molar-refractivity contribution in [2.24, 2.45) is 0 Å². The summed E-state index contributed by atoms with van der Waals surface area (Å²) in [6, 6.07) is 9.81. The first-order valence-electron chi connectivity index (χ1n) is 7.75. The fourth-order valence-electron chi connectivity index (χ4n) is 2.58. The van der Waals surface area contributed by atoms with Crippen LogP contribution in [0.15, 0.2) is 40.3 Å². The van der Waals surface area contributed by atoms with Crippen molar-refractivity contribution in [3.63, 3.8) is 0 Å². The highest BCUT2D eigenvalue weighted by Gasteiger charge is 2.15. The van der Waals surface area contributed by atoms with Crippen molar-refractivity contribution in [2.45, 2.75) is 37.3 Å². The summed E-state index contributed by atoms with van der Waals surface area (Å²) in [6.07, 6.45) is 4.96. The monoisotopic (exact) mass is 316 g/mol. The van der Waals surface area contributed by atoms with E-state index in [1.54, 1.807) is 11.8 Å². The fraction of sp³-hybridized carbons (Fsp3) is 0.412. The van der Waals surface area contributed by atoms with E-state index in [-0.39, 0.29) is 5.56 Å². The molecule has 22 heavy (non-hydrogen) atoms. The van der Waals surface area contributed by atoms with E-state index in [9.17, 15) is 4.79 Å². The largest absolute Gasteiger partial charge is 0.494 e. The van der Waals surface area contributed by atoms with Crippen LogP contribution in [-0.4, -0.2) is 22.3 Å². The molecule has 0 aliphatic heterocycles. The Bertz CT molecular complexity index is 670. The van der Waals surface area contributed by atoms with E-state index < -0.39 is 0 Å². The number of ether oxygens (including phenoxy) is 1. The van der Waals surface area contributed by atoms with Gasteiger partial charge in [-0.1, -0.05) is 30.0 Å². The number of thioether (sulfide) groups is 1. The van der Waals surface area contributed by atoms with Gasteiger partial charge in [-0.05, 0) is 44.2 Å². The Kier molecular flexibility index (Phi) is 5.16. The lowest BCUT2D eigenvalue weighted by Gasteiger charge is -2.14. The molecule has 0 unspecified atom stereocenters. The molecule has 5 heteroatoms. The molecule has 0 amide bonds. The van der Waals surface area contributed by atoms with E-state index in [0.717, 1.165) is 60.0 Å². The first-order chi connectivity index (χ1) is 10.8. The van der Waals surface area contributed by atoms with Crippen molar-refractivity contribution in [2.75, 3.05) is 12.4 Å². The van der Waals surface area contributed by atoms with Crippen LogP contribution in [0.25, 0.3) is 0 Å². The van der Waals surface area contributed by atoms with E-state index in [1.807, 2.05) is 30.3 Å². The fourth-order valence-corrected chi connectivity index (χ4v) is 3.38. The quantitative estimate of drug-likeness (QED) is 0.505. The summed E-state index contributed by atoms with van der Waals surface area (Å²) >= 11 is 1.60. The van der Waals surface area contributed by atoms with Crippen LogP contribution in [0, 0.1) is 0 Å². The number of aromatic amines is 1. The van der Waals surface area contributed by atoms with Crippen LogP contribution < -0.4 is 10.3 Å². The van der Waals surface area contributed by atoms with Crippen molar-refractivity contribution in [1.29, 1.82) is 0 Å². The molecule has 1 aromatic heterocycles. The molecule has 4 nitrogen and oxygen atoms in total. The lowest BCUT2D eigenvalue weighted by molar-refractivity contribution is 0.318. The zero-order valence-corrected chi connectivity index (χ0v) is 13.3. The third-order valence-corrected chi connectivity index (χ3v) is 4.67. The Morgan fingerprint density at radius 3 is 2.86 bits per heavy atom. The van der Waals surface area contributed by atoms with E-state index in [0.29, 0.717) is 6.61 Å². The van der Waals surface area contributed by atoms with Crippen LogP contribution >= 0.6 is 11.8 Å². The Hall–Kier alpha value is -1.75. The average molecular weight is 316 g/mol. The number of aryl methyl sites for hydroxylation is 1. The molecule has 1 aliphatic rings. The smallest absolute Gasteiger partial charge is 0.254 e. The molecular weight excluding hydrogens is 296 g/mol. The number of para-hydroxylation sites is 1. The minimum absolute atomic E-state index is 0.0488. The van der Waals surface area contributed by atoms with Crippen molar-refractivity contribution in [1.82, 2.24) is 9.97 Å². The van der Waals surface area contributed by atoms with Gasteiger partial charge in [-0.2, -0.15) is 0 Å². The molecule has 0 saturated carbocycles. The molecule has 1 heterocycles. The van der Waals surface area contributed by atoms with Crippen molar-refractivity contribution in [3.8, 4) is 5.75 Å². The zero-order chi connectivity index (χ0) is 15.2. The molecule has 0 fully saturated rings. The first-order valence-corrected chi connectivity index (χ1v) is 8.74. The standard InChI is InChI=1S/C17H20N2O2S/c20-16-14-9-4-5-10-15(14)18-17(19-16)22-12-6-11-21-13-7-2-1-3-8-13/h1-3,7-8H,4-6,9-12H2,(H,18,19,20). The van der Waals surface area contributed by atoms with E-state index >= 15 is 0 Å². The normalized spacial score (nSPS) is 13.6. The van der Waals surface area contributed by atoms with Crippen LogP contribution in [0.5, 0.6) is 5.75 Å². The molecule has 0 atom stereocenters. The predicted octanol–water partition coefficient (Wildman–Crippen LogP) is 3.21. The number of rotatable bonds is 6. The highest BCUT2D eigenvalue weighted by Crippen LogP contribution is 2.19. The molecule has 0 radical (unpaired) electrons. The molecule has 0 saturated heterocycles. The summed E-state index contributed by atoms with van der Waals surface area (Å²) in [5, 5.41) is 0.741. The second-order valence-electron chi connectivity index (χ2n) is 5.37. The maximum Gasteiger partial charge on any atom is 0.254 e. The average Bonchev–Trinajstić information content (AvgIpc) is 2.56. The molecule has 2 aromatic rings. The number of hydrogen-bond donors (Lipinski definition) is 1. The van der Waals surface area contributed by atoms with Gasteiger partial charge in [0.15, 0.2) is 5.16 Å². The highest BCUT2D eigenvalue weighted by molar-refractivity contribution is 7.99. The minimum atomic E-state index is 0.0488. The lowest BCUT2D eigenvalue weighted by Crippen LogP contribution is -2.21. The van der Waals surface area contributed by atoms with Crippen LogP contribution in [0.3, 0.4) is 0 Å². The van der Waals surface area contributed by atoms with Crippen molar-refractivity contribution < 1.29 is 4.74 Å². The molecule has 1 N–H and O–H groups in total. The molecular formula is C17H20N2O2S. The number of benzene rings is 1. The topological polar surface area (TPSA) is 55.0 Å².